The Morgan fingerprint density at radius 1 is 1.11 bits per heavy atom. The summed E-state index contributed by atoms with van der Waals surface area (Å²) in [6.45, 7) is 1.70. The molecule has 3 N–H and O–H groups in total. The number of sulfonamides is 1. The van der Waals surface area contributed by atoms with Crippen LogP contribution in [0.15, 0.2) is 41.3 Å². The Labute approximate surface area is 164 Å². The van der Waals surface area contributed by atoms with Gasteiger partial charge in [0.25, 0.3) is 0 Å². The Morgan fingerprint density at radius 2 is 1.64 bits per heavy atom. The van der Waals surface area contributed by atoms with Crippen LogP contribution in [0.25, 0.3) is 10.8 Å². The lowest BCUT2D eigenvalue weighted by atomic mass is 10.1. The third kappa shape index (κ3) is 6.33. The number of carboxylic acid groups (broad SMARTS) is 1. The third-order valence-electron chi connectivity index (χ3n) is 3.99. The highest BCUT2D eigenvalue weighted by Crippen LogP contribution is 2.23. The van der Waals surface area contributed by atoms with Crippen molar-refractivity contribution >= 4 is 38.4 Å². The van der Waals surface area contributed by atoms with Gasteiger partial charge in [-0.1, -0.05) is 23.7 Å². The molecule has 3 rings (SSSR count). The molecule has 1 heterocycles. The monoisotopic (exact) mass is 438 g/mol. The lowest BCUT2D eigenvalue weighted by Gasteiger charge is -2.23. The van der Waals surface area contributed by atoms with Crippen LogP contribution < -0.4 is 10.0 Å². The molecule has 0 aromatic heterocycles. The predicted octanol–water partition coefficient (Wildman–Crippen LogP) is 3.16. The van der Waals surface area contributed by atoms with E-state index in [9.17, 15) is 21.6 Å². The number of rotatable bonds is 3. The van der Waals surface area contributed by atoms with Gasteiger partial charge in [-0.15, -0.1) is 0 Å². The minimum atomic E-state index is -5.08. The molecule has 0 atom stereocenters. The second-order valence-corrected chi connectivity index (χ2v) is 8.25. The fourth-order valence-corrected chi connectivity index (χ4v) is 4.11. The van der Waals surface area contributed by atoms with E-state index in [-0.39, 0.29) is 6.04 Å². The summed E-state index contributed by atoms with van der Waals surface area (Å²) in [4.78, 5) is 9.20. The Morgan fingerprint density at radius 3 is 2.21 bits per heavy atom. The van der Waals surface area contributed by atoms with Crippen LogP contribution in [0.2, 0.25) is 5.02 Å². The Kier molecular flexibility index (Phi) is 7.27. The number of carboxylic acids is 1. The van der Waals surface area contributed by atoms with Crippen molar-refractivity contribution in [3.63, 3.8) is 0 Å². The van der Waals surface area contributed by atoms with Gasteiger partial charge in [0.15, 0.2) is 0 Å². The number of hydrogen-bond acceptors (Lipinski definition) is 4. The fraction of sp³-hybridized carbons (Fsp3) is 0.353. The van der Waals surface area contributed by atoms with Crippen molar-refractivity contribution in [2.45, 2.75) is 30.0 Å². The molecule has 0 radical (unpaired) electrons. The zero-order valence-electron chi connectivity index (χ0n) is 14.5. The SMILES string of the molecule is O=C(O)C(F)(F)F.O=S(=O)(NC1CCNCC1)c1ccc2cc(Cl)ccc2c1. The van der Waals surface area contributed by atoms with Crippen molar-refractivity contribution in [3.05, 3.63) is 41.4 Å². The molecule has 1 fully saturated rings. The predicted molar refractivity (Wildman–Crippen MR) is 98.9 cm³/mol. The molecular weight excluding hydrogens is 421 g/mol. The molecule has 1 saturated heterocycles. The minimum Gasteiger partial charge on any atom is -0.475 e. The fourth-order valence-electron chi connectivity index (χ4n) is 2.59. The quantitative estimate of drug-likeness (QED) is 0.684. The van der Waals surface area contributed by atoms with Gasteiger partial charge in [0, 0.05) is 11.1 Å². The highest BCUT2D eigenvalue weighted by molar-refractivity contribution is 7.89. The lowest BCUT2D eigenvalue weighted by Crippen LogP contribution is -2.42. The van der Waals surface area contributed by atoms with Gasteiger partial charge >= 0.3 is 12.1 Å². The van der Waals surface area contributed by atoms with Gasteiger partial charge in [0.1, 0.15) is 0 Å². The molecule has 0 bridgehead atoms. The zero-order chi connectivity index (χ0) is 20.9. The number of fused-ring (bicyclic) bond motifs is 1. The van der Waals surface area contributed by atoms with Crippen LogP contribution in [0.3, 0.4) is 0 Å². The largest absolute Gasteiger partial charge is 0.490 e. The molecule has 154 valence electrons. The van der Waals surface area contributed by atoms with Crippen molar-refractivity contribution in [1.82, 2.24) is 10.0 Å². The summed E-state index contributed by atoms with van der Waals surface area (Å²) in [5.74, 6) is -2.76. The summed E-state index contributed by atoms with van der Waals surface area (Å²) in [6, 6.07) is 10.5. The van der Waals surface area contributed by atoms with Crippen molar-refractivity contribution in [2.24, 2.45) is 0 Å². The van der Waals surface area contributed by atoms with E-state index < -0.39 is 22.2 Å². The third-order valence-corrected chi connectivity index (χ3v) is 5.74. The maximum absolute atomic E-state index is 12.5. The summed E-state index contributed by atoms with van der Waals surface area (Å²) in [5.41, 5.74) is 0. The first-order chi connectivity index (χ1) is 13.0. The average molecular weight is 439 g/mol. The van der Waals surface area contributed by atoms with Crippen LogP contribution >= 0.6 is 11.6 Å². The first-order valence-corrected chi connectivity index (χ1v) is 10.1. The minimum absolute atomic E-state index is 0.0113. The second-order valence-electron chi connectivity index (χ2n) is 6.10. The molecule has 0 unspecified atom stereocenters. The van der Waals surface area contributed by atoms with E-state index >= 15 is 0 Å². The Hall–Kier alpha value is -1.88. The summed E-state index contributed by atoms with van der Waals surface area (Å²) < 4.78 is 59.4. The van der Waals surface area contributed by atoms with Gasteiger partial charge in [-0.25, -0.2) is 17.9 Å². The van der Waals surface area contributed by atoms with Crippen LogP contribution in [-0.4, -0.2) is 44.8 Å². The van der Waals surface area contributed by atoms with Crippen molar-refractivity contribution in [2.75, 3.05) is 13.1 Å². The van der Waals surface area contributed by atoms with E-state index in [1.165, 1.54) is 0 Å². The Bertz CT molecular complexity index is 945. The van der Waals surface area contributed by atoms with Gasteiger partial charge in [-0.2, -0.15) is 13.2 Å². The van der Waals surface area contributed by atoms with Crippen molar-refractivity contribution < 1.29 is 31.5 Å². The number of hydrogen-bond donors (Lipinski definition) is 3. The Balaban J connectivity index is 0.000000345. The first kappa shape index (κ1) is 22.4. The number of benzene rings is 2. The maximum Gasteiger partial charge on any atom is 0.490 e. The van der Waals surface area contributed by atoms with Crippen LogP contribution in [-0.2, 0) is 14.8 Å². The molecule has 2 aromatic rings. The standard InChI is InChI=1S/C15H17ClN2O2S.C2HF3O2/c16-13-3-1-12-10-15(4-2-11(12)9-13)21(19,20)18-14-5-7-17-8-6-14;3-2(4,5)1(6)7/h1-4,9-10,14,17-18H,5-8H2;(H,6,7). The molecule has 2 aromatic carbocycles. The maximum atomic E-state index is 12.5. The molecule has 0 amide bonds. The van der Waals surface area contributed by atoms with Gasteiger partial charge in [0.05, 0.1) is 4.90 Å². The average Bonchev–Trinajstić information content (AvgIpc) is 2.61. The number of aliphatic carboxylic acids is 1. The van der Waals surface area contributed by atoms with E-state index in [1.54, 1.807) is 24.3 Å². The second kappa shape index (κ2) is 9.08. The number of halogens is 4. The highest BCUT2D eigenvalue weighted by Gasteiger charge is 2.38. The van der Waals surface area contributed by atoms with E-state index in [1.807, 2.05) is 12.1 Å². The molecule has 1 aliphatic rings. The smallest absolute Gasteiger partial charge is 0.475 e. The number of piperidine rings is 1. The molecule has 11 heteroatoms. The number of carbonyl (C=O) groups is 1. The normalized spacial score (nSPS) is 15.7. The topological polar surface area (TPSA) is 95.5 Å². The van der Waals surface area contributed by atoms with E-state index in [0.717, 1.165) is 36.7 Å². The van der Waals surface area contributed by atoms with E-state index in [4.69, 9.17) is 21.5 Å². The summed E-state index contributed by atoms with van der Waals surface area (Å²) >= 11 is 5.94. The summed E-state index contributed by atoms with van der Waals surface area (Å²) in [7, 11) is -3.47. The zero-order valence-corrected chi connectivity index (χ0v) is 16.0. The lowest BCUT2D eigenvalue weighted by molar-refractivity contribution is -0.192. The van der Waals surface area contributed by atoms with Crippen molar-refractivity contribution in [3.8, 4) is 0 Å². The molecule has 0 saturated carbocycles. The van der Waals surface area contributed by atoms with Crippen molar-refractivity contribution in [1.29, 1.82) is 0 Å². The van der Waals surface area contributed by atoms with Crippen LogP contribution in [0.1, 0.15) is 12.8 Å². The van der Waals surface area contributed by atoms with Crippen LogP contribution in [0.5, 0.6) is 0 Å². The molecule has 0 aliphatic carbocycles. The summed E-state index contributed by atoms with van der Waals surface area (Å²) in [5, 5.41) is 12.8. The molecular formula is C17H18ClF3N2O4S. The number of alkyl halides is 3. The number of nitrogens with one attached hydrogen (secondary N) is 2. The van der Waals surface area contributed by atoms with Gasteiger partial charge in [-0.05, 0) is 61.0 Å². The summed E-state index contributed by atoms with van der Waals surface area (Å²) in [6.07, 6.45) is -3.44. The highest BCUT2D eigenvalue weighted by atomic mass is 35.5. The van der Waals surface area contributed by atoms with Gasteiger partial charge in [0.2, 0.25) is 10.0 Å². The van der Waals surface area contributed by atoms with Crippen LogP contribution in [0, 0.1) is 0 Å². The van der Waals surface area contributed by atoms with Gasteiger partial charge < -0.3 is 10.4 Å². The molecule has 0 spiro atoms. The molecule has 6 nitrogen and oxygen atoms in total. The van der Waals surface area contributed by atoms with E-state index in [0.29, 0.717) is 9.92 Å². The van der Waals surface area contributed by atoms with Crippen LogP contribution in [0.4, 0.5) is 13.2 Å². The van der Waals surface area contributed by atoms with E-state index in [2.05, 4.69) is 10.0 Å². The molecule has 1 aliphatic heterocycles. The molecule has 28 heavy (non-hydrogen) atoms. The first-order valence-electron chi connectivity index (χ1n) is 8.21. The van der Waals surface area contributed by atoms with Gasteiger partial charge in [-0.3, -0.25) is 0 Å².